The normalized spacial score (nSPS) is 13.0. The van der Waals surface area contributed by atoms with Gasteiger partial charge in [-0.15, -0.1) is 0 Å². The molecule has 0 aromatic carbocycles. The zero-order chi connectivity index (χ0) is 13.1. The average Bonchev–Trinajstić information content (AvgIpc) is 2.78. The van der Waals surface area contributed by atoms with Crippen molar-refractivity contribution in [2.45, 2.75) is 13.1 Å². The molecule has 6 heteroatoms. The number of rotatable bonds is 3. The number of carboxylic acid groups (broad SMARTS) is 1. The number of carbonyl (C=O) groups excluding carboxylic acids is 1. The van der Waals surface area contributed by atoms with Gasteiger partial charge in [-0.3, -0.25) is 9.88 Å². The van der Waals surface area contributed by atoms with E-state index in [9.17, 15) is 9.59 Å². The lowest BCUT2D eigenvalue weighted by atomic mass is 10.2. The van der Waals surface area contributed by atoms with Crippen LogP contribution in [0.2, 0.25) is 0 Å². The maximum atomic E-state index is 11.6. The van der Waals surface area contributed by atoms with Crippen LogP contribution >= 0.6 is 0 Å². The van der Waals surface area contributed by atoms with Crippen molar-refractivity contribution in [2.75, 3.05) is 6.61 Å². The van der Waals surface area contributed by atoms with E-state index in [4.69, 9.17) is 9.84 Å². The number of pyridine rings is 1. The third-order valence-corrected chi connectivity index (χ3v) is 2.59. The van der Waals surface area contributed by atoms with Gasteiger partial charge in [-0.05, 0) is 11.6 Å². The number of hydrogen-bond acceptors (Lipinski definition) is 4. The summed E-state index contributed by atoms with van der Waals surface area (Å²) in [6.07, 6.45) is 2.33. The number of hydrogen-bond donors (Lipinski definition) is 1. The Labute approximate surface area is 104 Å². The summed E-state index contributed by atoms with van der Waals surface area (Å²) in [5, 5.41) is 8.85. The molecule has 0 spiro atoms. The predicted molar refractivity (Wildman–Crippen MR) is 62.0 cm³/mol. The zero-order valence-corrected chi connectivity index (χ0v) is 9.63. The summed E-state index contributed by atoms with van der Waals surface area (Å²) < 4.78 is 4.91. The SMILES string of the molecule is C=CCOC(=O)N1Cc2cc(C(=O)O)cnc2C1. The highest BCUT2D eigenvalue weighted by Crippen LogP contribution is 2.22. The van der Waals surface area contributed by atoms with Crippen LogP contribution in [-0.2, 0) is 17.8 Å². The number of aromatic nitrogens is 1. The molecule has 0 saturated carbocycles. The molecule has 2 heterocycles. The Morgan fingerprint density at radius 2 is 2.33 bits per heavy atom. The molecule has 1 aliphatic rings. The summed E-state index contributed by atoms with van der Waals surface area (Å²) in [4.78, 5) is 27.9. The number of aromatic carboxylic acids is 1. The lowest BCUT2D eigenvalue weighted by molar-refractivity contribution is 0.0696. The first kappa shape index (κ1) is 12.1. The second kappa shape index (κ2) is 4.87. The average molecular weight is 248 g/mol. The Kier molecular flexibility index (Phi) is 3.27. The summed E-state index contributed by atoms with van der Waals surface area (Å²) in [7, 11) is 0. The molecule has 94 valence electrons. The quantitative estimate of drug-likeness (QED) is 0.818. The minimum Gasteiger partial charge on any atom is -0.478 e. The minimum absolute atomic E-state index is 0.120. The van der Waals surface area contributed by atoms with Gasteiger partial charge in [-0.1, -0.05) is 12.7 Å². The molecule has 0 saturated heterocycles. The number of amides is 1. The van der Waals surface area contributed by atoms with Gasteiger partial charge in [0.1, 0.15) is 6.61 Å². The summed E-state index contributed by atoms with van der Waals surface area (Å²) in [5.74, 6) is -1.03. The van der Waals surface area contributed by atoms with Crippen LogP contribution < -0.4 is 0 Å². The van der Waals surface area contributed by atoms with Crippen LogP contribution in [0, 0.1) is 0 Å². The highest BCUT2D eigenvalue weighted by molar-refractivity contribution is 5.87. The first-order valence-electron chi connectivity index (χ1n) is 5.35. The highest BCUT2D eigenvalue weighted by atomic mass is 16.6. The molecule has 1 amide bonds. The smallest absolute Gasteiger partial charge is 0.410 e. The molecule has 6 nitrogen and oxygen atoms in total. The molecular formula is C12H12N2O4. The molecule has 1 aliphatic heterocycles. The molecule has 0 bridgehead atoms. The van der Waals surface area contributed by atoms with Crippen LogP contribution in [0.4, 0.5) is 4.79 Å². The van der Waals surface area contributed by atoms with Crippen molar-refractivity contribution in [1.29, 1.82) is 0 Å². The van der Waals surface area contributed by atoms with Crippen molar-refractivity contribution in [3.05, 3.63) is 41.7 Å². The summed E-state index contributed by atoms with van der Waals surface area (Å²) in [6, 6.07) is 1.53. The Hall–Kier alpha value is -2.37. The van der Waals surface area contributed by atoms with Crippen molar-refractivity contribution < 1.29 is 19.4 Å². The van der Waals surface area contributed by atoms with E-state index in [2.05, 4.69) is 11.6 Å². The molecule has 0 fully saturated rings. The van der Waals surface area contributed by atoms with Crippen LogP contribution in [0.15, 0.2) is 24.9 Å². The number of carbonyl (C=O) groups is 2. The van der Waals surface area contributed by atoms with Crippen molar-refractivity contribution in [2.24, 2.45) is 0 Å². The standard InChI is InChI=1S/C12H12N2O4/c1-2-3-18-12(17)14-6-9-4-8(11(15)16)5-13-10(9)7-14/h2,4-5H,1,3,6-7H2,(H,15,16). The van der Waals surface area contributed by atoms with Crippen molar-refractivity contribution in [3.63, 3.8) is 0 Å². The highest BCUT2D eigenvalue weighted by Gasteiger charge is 2.26. The first-order chi connectivity index (χ1) is 8.61. The van der Waals surface area contributed by atoms with Crippen LogP contribution in [0.1, 0.15) is 21.6 Å². The van der Waals surface area contributed by atoms with Gasteiger partial charge in [0.15, 0.2) is 0 Å². The number of ether oxygens (including phenoxy) is 1. The molecule has 1 N–H and O–H groups in total. The Morgan fingerprint density at radius 1 is 1.56 bits per heavy atom. The number of fused-ring (bicyclic) bond motifs is 1. The van der Waals surface area contributed by atoms with E-state index in [0.717, 1.165) is 5.56 Å². The Balaban J connectivity index is 2.10. The first-order valence-corrected chi connectivity index (χ1v) is 5.35. The van der Waals surface area contributed by atoms with Crippen molar-refractivity contribution in [1.82, 2.24) is 9.88 Å². The van der Waals surface area contributed by atoms with Crippen LogP contribution in [0.5, 0.6) is 0 Å². The molecule has 0 radical (unpaired) electrons. The minimum atomic E-state index is -1.03. The second-order valence-electron chi connectivity index (χ2n) is 3.86. The van der Waals surface area contributed by atoms with Crippen LogP contribution in [0.25, 0.3) is 0 Å². The van der Waals surface area contributed by atoms with Gasteiger partial charge in [0.2, 0.25) is 0 Å². The van der Waals surface area contributed by atoms with E-state index >= 15 is 0 Å². The van der Waals surface area contributed by atoms with Crippen molar-refractivity contribution in [3.8, 4) is 0 Å². The van der Waals surface area contributed by atoms with E-state index in [1.54, 1.807) is 0 Å². The van der Waals surface area contributed by atoms with Gasteiger partial charge in [0.25, 0.3) is 0 Å². The maximum absolute atomic E-state index is 11.6. The fourth-order valence-electron chi connectivity index (χ4n) is 1.73. The number of nitrogens with zero attached hydrogens (tertiary/aromatic N) is 2. The van der Waals surface area contributed by atoms with E-state index in [-0.39, 0.29) is 12.2 Å². The molecule has 1 aromatic rings. The topological polar surface area (TPSA) is 79.7 Å². The van der Waals surface area contributed by atoms with Gasteiger partial charge in [0, 0.05) is 6.20 Å². The van der Waals surface area contributed by atoms with E-state index < -0.39 is 12.1 Å². The summed E-state index contributed by atoms with van der Waals surface area (Å²) in [6.45, 7) is 4.27. The monoisotopic (exact) mass is 248 g/mol. The lowest BCUT2D eigenvalue weighted by Gasteiger charge is -2.13. The third kappa shape index (κ3) is 2.32. The molecule has 1 aromatic heterocycles. The zero-order valence-electron chi connectivity index (χ0n) is 9.63. The Morgan fingerprint density at radius 3 is 3.00 bits per heavy atom. The third-order valence-electron chi connectivity index (χ3n) is 2.59. The predicted octanol–water partition coefficient (Wildman–Crippen LogP) is 1.42. The molecular weight excluding hydrogens is 236 g/mol. The van der Waals surface area contributed by atoms with E-state index in [1.807, 2.05) is 0 Å². The van der Waals surface area contributed by atoms with Gasteiger partial charge in [-0.2, -0.15) is 0 Å². The van der Waals surface area contributed by atoms with Crippen molar-refractivity contribution >= 4 is 12.1 Å². The van der Waals surface area contributed by atoms with Crippen LogP contribution in [-0.4, -0.2) is 33.7 Å². The van der Waals surface area contributed by atoms with E-state index in [1.165, 1.54) is 23.2 Å². The van der Waals surface area contributed by atoms with Gasteiger partial charge in [0.05, 0.1) is 24.3 Å². The Bertz CT molecular complexity index is 513. The largest absolute Gasteiger partial charge is 0.478 e. The molecule has 0 unspecified atom stereocenters. The summed E-state index contributed by atoms with van der Waals surface area (Å²) in [5.41, 5.74) is 1.57. The fourth-order valence-corrected chi connectivity index (χ4v) is 1.73. The van der Waals surface area contributed by atoms with E-state index in [0.29, 0.717) is 18.8 Å². The van der Waals surface area contributed by atoms with Gasteiger partial charge in [-0.25, -0.2) is 9.59 Å². The number of carboxylic acids is 1. The molecule has 0 aliphatic carbocycles. The molecule has 0 atom stereocenters. The molecule has 2 rings (SSSR count). The fraction of sp³-hybridized carbons (Fsp3) is 0.250. The summed E-state index contributed by atoms with van der Waals surface area (Å²) >= 11 is 0. The van der Waals surface area contributed by atoms with Gasteiger partial charge < -0.3 is 9.84 Å². The lowest BCUT2D eigenvalue weighted by Crippen LogP contribution is -2.26. The molecule has 18 heavy (non-hydrogen) atoms. The van der Waals surface area contributed by atoms with Crippen LogP contribution in [0.3, 0.4) is 0 Å². The maximum Gasteiger partial charge on any atom is 0.410 e. The van der Waals surface area contributed by atoms with Gasteiger partial charge >= 0.3 is 12.1 Å². The second-order valence-corrected chi connectivity index (χ2v) is 3.86.